The Labute approximate surface area is 193 Å². The van der Waals surface area contributed by atoms with Crippen LogP contribution in [0.15, 0.2) is 79.0 Å². The summed E-state index contributed by atoms with van der Waals surface area (Å²) in [5, 5.41) is 3.87. The quantitative estimate of drug-likeness (QED) is 0.565. The molecule has 3 aromatic rings. The number of benzene rings is 1. The monoisotopic (exact) mass is 465 g/mol. The van der Waals surface area contributed by atoms with Gasteiger partial charge in [0.05, 0.1) is 36.5 Å². The summed E-state index contributed by atoms with van der Waals surface area (Å²) in [5.74, 6) is -1.14. The molecule has 1 aliphatic heterocycles. The van der Waals surface area contributed by atoms with Gasteiger partial charge in [-0.15, -0.1) is 0 Å². The molecule has 0 saturated carbocycles. The number of esters is 1. The van der Waals surface area contributed by atoms with E-state index < -0.39 is 11.9 Å². The SMILES string of the molecule is COC(=O)C1=C(C)NC2=C(C(=O)C[C@H](c3ccco3)C2)[C@@H]1c1coc2ccc(Cl)cc2c1=O. The maximum absolute atomic E-state index is 13.5. The van der Waals surface area contributed by atoms with E-state index in [1.165, 1.54) is 19.4 Å². The van der Waals surface area contributed by atoms with Gasteiger partial charge in [-0.25, -0.2) is 4.79 Å². The lowest BCUT2D eigenvalue weighted by Gasteiger charge is -2.35. The Hall–Kier alpha value is -3.58. The van der Waals surface area contributed by atoms with E-state index in [2.05, 4.69) is 5.32 Å². The van der Waals surface area contributed by atoms with Gasteiger partial charge in [0.25, 0.3) is 0 Å². The van der Waals surface area contributed by atoms with Crippen LogP contribution in [-0.2, 0) is 14.3 Å². The number of fused-ring (bicyclic) bond motifs is 1. The van der Waals surface area contributed by atoms with E-state index in [9.17, 15) is 14.4 Å². The number of methoxy groups -OCH3 is 1. The zero-order valence-electron chi connectivity index (χ0n) is 17.9. The second-order valence-corrected chi connectivity index (χ2v) is 8.62. The zero-order chi connectivity index (χ0) is 23.3. The minimum absolute atomic E-state index is 0.140. The van der Waals surface area contributed by atoms with Gasteiger partial charge in [-0.1, -0.05) is 11.6 Å². The zero-order valence-corrected chi connectivity index (χ0v) is 18.7. The van der Waals surface area contributed by atoms with Crippen LogP contribution in [0.5, 0.6) is 0 Å². The molecule has 0 spiro atoms. The number of ketones is 1. The fraction of sp³-hybridized carbons (Fsp3) is 0.240. The highest BCUT2D eigenvalue weighted by atomic mass is 35.5. The number of allylic oxidation sites excluding steroid dienone is 3. The molecule has 2 atom stereocenters. The molecular formula is C25H20ClNO6. The number of carbonyl (C=O) groups is 2. The Morgan fingerprint density at radius 1 is 1.18 bits per heavy atom. The Morgan fingerprint density at radius 3 is 2.73 bits per heavy atom. The van der Waals surface area contributed by atoms with Gasteiger partial charge in [-0.05, 0) is 43.7 Å². The van der Waals surface area contributed by atoms with Crippen LogP contribution in [0.1, 0.15) is 42.9 Å². The van der Waals surface area contributed by atoms with Crippen molar-refractivity contribution in [2.75, 3.05) is 7.11 Å². The van der Waals surface area contributed by atoms with Gasteiger partial charge in [-0.3, -0.25) is 9.59 Å². The molecule has 1 aliphatic carbocycles. The number of Topliss-reactive ketones (excluding diaryl/α,β-unsaturated/α-hetero) is 1. The van der Waals surface area contributed by atoms with E-state index in [1.54, 1.807) is 31.4 Å². The number of carbonyl (C=O) groups excluding carboxylic acids is 2. The number of ether oxygens (including phenoxy) is 1. The Bertz CT molecular complexity index is 1410. The molecule has 0 unspecified atom stereocenters. The van der Waals surface area contributed by atoms with E-state index >= 15 is 0 Å². The van der Waals surface area contributed by atoms with Gasteiger partial charge < -0.3 is 18.9 Å². The van der Waals surface area contributed by atoms with Crippen molar-refractivity contribution in [1.82, 2.24) is 5.32 Å². The highest BCUT2D eigenvalue weighted by molar-refractivity contribution is 6.31. The molecule has 8 heteroatoms. The summed E-state index contributed by atoms with van der Waals surface area (Å²) in [4.78, 5) is 39.8. The summed E-state index contributed by atoms with van der Waals surface area (Å²) >= 11 is 6.11. The predicted octanol–water partition coefficient (Wildman–Crippen LogP) is 4.57. The third kappa shape index (κ3) is 3.49. The Morgan fingerprint density at radius 2 is 2.00 bits per heavy atom. The second kappa shape index (κ2) is 8.08. The molecule has 7 nitrogen and oxygen atoms in total. The lowest BCUT2D eigenvalue weighted by atomic mass is 9.72. The Kier molecular flexibility index (Phi) is 5.21. The van der Waals surface area contributed by atoms with Crippen LogP contribution in [0.25, 0.3) is 11.0 Å². The second-order valence-electron chi connectivity index (χ2n) is 8.18. The van der Waals surface area contributed by atoms with Gasteiger partial charge >= 0.3 is 5.97 Å². The van der Waals surface area contributed by atoms with Crippen LogP contribution in [0.3, 0.4) is 0 Å². The van der Waals surface area contributed by atoms with Crippen molar-refractivity contribution >= 4 is 34.3 Å². The molecule has 3 heterocycles. The summed E-state index contributed by atoms with van der Waals surface area (Å²) in [6.45, 7) is 1.73. The minimum atomic E-state index is -0.918. The molecule has 168 valence electrons. The molecular weight excluding hydrogens is 446 g/mol. The van der Waals surface area contributed by atoms with Gasteiger partial charge in [-0.2, -0.15) is 0 Å². The molecule has 2 aliphatic rings. The molecule has 0 amide bonds. The van der Waals surface area contributed by atoms with Crippen LogP contribution < -0.4 is 10.7 Å². The van der Waals surface area contributed by atoms with E-state index in [-0.39, 0.29) is 40.1 Å². The van der Waals surface area contributed by atoms with Gasteiger partial charge in [0, 0.05) is 39.9 Å². The first-order valence-corrected chi connectivity index (χ1v) is 10.8. The smallest absolute Gasteiger partial charge is 0.336 e. The molecule has 1 N–H and O–H groups in total. The van der Waals surface area contributed by atoms with E-state index in [1.807, 2.05) is 6.07 Å². The topological polar surface area (TPSA) is 98.8 Å². The average molecular weight is 466 g/mol. The molecule has 0 fully saturated rings. The summed E-state index contributed by atoms with van der Waals surface area (Å²) in [6, 6.07) is 8.38. The van der Waals surface area contributed by atoms with Crippen LogP contribution in [-0.4, -0.2) is 18.9 Å². The maximum atomic E-state index is 13.5. The molecule has 0 bridgehead atoms. The number of nitrogens with one attached hydrogen (secondary N) is 1. The lowest BCUT2D eigenvalue weighted by molar-refractivity contribution is -0.136. The molecule has 33 heavy (non-hydrogen) atoms. The molecule has 1 aromatic carbocycles. The van der Waals surface area contributed by atoms with E-state index in [4.69, 9.17) is 25.2 Å². The number of halogens is 1. The van der Waals surface area contributed by atoms with Gasteiger partial charge in [0.1, 0.15) is 11.3 Å². The number of dihydropyridines is 1. The summed E-state index contributed by atoms with van der Waals surface area (Å²) < 4.78 is 16.3. The normalized spacial score (nSPS) is 20.6. The van der Waals surface area contributed by atoms with Crippen molar-refractivity contribution in [3.8, 4) is 0 Å². The van der Waals surface area contributed by atoms with Crippen molar-refractivity contribution in [2.24, 2.45) is 0 Å². The fourth-order valence-corrected chi connectivity index (χ4v) is 4.94. The molecule has 0 radical (unpaired) electrons. The average Bonchev–Trinajstić information content (AvgIpc) is 3.33. The molecule has 2 aromatic heterocycles. The van der Waals surface area contributed by atoms with Crippen LogP contribution in [0, 0.1) is 0 Å². The van der Waals surface area contributed by atoms with E-state index in [0.717, 1.165) is 0 Å². The Balaban J connectivity index is 1.71. The summed E-state index contributed by atoms with van der Waals surface area (Å²) in [7, 11) is 1.27. The number of hydrogen-bond acceptors (Lipinski definition) is 7. The maximum Gasteiger partial charge on any atom is 0.336 e. The third-order valence-electron chi connectivity index (χ3n) is 6.25. The van der Waals surface area contributed by atoms with Crippen molar-refractivity contribution in [2.45, 2.75) is 31.6 Å². The lowest BCUT2D eigenvalue weighted by Crippen LogP contribution is -2.37. The number of rotatable bonds is 3. The van der Waals surface area contributed by atoms with Crippen LogP contribution >= 0.6 is 11.6 Å². The largest absolute Gasteiger partial charge is 0.469 e. The summed E-state index contributed by atoms with van der Waals surface area (Å²) in [6.07, 6.45) is 3.60. The van der Waals surface area contributed by atoms with Crippen LogP contribution in [0.2, 0.25) is 5.02 Å². The number of hydrogen-bond donors (Lipinski definition) is 1. The van der Waals surface area contributed by atoms with Crippen molar-refractivity contribution in [1.29, 1.82) is 0 Å². The highest BCUT2D eigenvalue weighted by Crippen LogP contribution is 2.45. The first kappa shape index (κ1) is 21.3. The van der Waals surface area contributed by atoms with Crippen molar-refractivity contribution in [3.05, 3.63) is 92.0 Å². The standard InChI is InChI=1S/C25H20ClNO6/c1-12-21(25(30)31-2)22(16-11-33-20-6-5-14(26)10-15(20)24(16)29)23-17(27-12)8-13(9-18(23)28)19-4-3-7-32-19/h3-7,10-11,13,22,27H,8-9H2,1-2H3/t13-,22-/m1/s1. The van der Waals surface area contributed by atoms with Crippen molar-refractivity contribution in [3.63, 3.8) is 0 Å². The van der Waals surface area contributed by atoms with E-state index in [0.29, 0.717) is 39.8 Å². The fourth-order valence-electron chi connectivity index (χ4n) is 4.77. The molecule has 0 saturated heterocycles. The van der Waals surface area contributed by atoms with Gasteiger partial charge in [0.15, 0.2) is 11.2 Å². The predicted molar refractivity (Wildman–Crippen MR) is 121 cm³/mol. The van der Waals surface area contributed by atoms with Crippen molar-refractivity contribution < 1.29 is 23.2 Å². The third-order valence-corrected chi connectivity index (χ3v) is 6.49. The highest BCUT2D eigenvalue weighted by Gasteiger charge is 2.43. The first-order chi connectivity index (χ1) is 15.9. The van der Waals surface area contributed by atoms with Crippen LogP contribution in [0.4, 0.5) is 0 Å². The number of furan rings is 1. The minimum Gasteiger partial charge on any atom is -0.469 e. The molecule has 5 rings (SSSR count). The van der Waals surface area contributed by atoms with Gasteiger partial charge in [0.2, 0.25) is 0 Å². The first-order valence-electron chi connectivity index (χ1n) is 10.5. The summed E-state index contributed by atoms with van der Waals surface area (Å²) in [5.41, 5.74) is 1.95.